The standard InChI is InChI=1S/C8H14F/c1-2-3-4-5-6-7-8-9/h1,8H,2-7H2. The molecular formula is C8H14F. The molecule has 0 rings (SSSR count). The molecule has 0 aliphatic heterocycles. The smallest absolute Gasteiger partial charge is 0.131 e. The van der Waals surface area contributed by atoms with Crippen molar-refractivity contribution in [3.05, 3.63) is 13.6 Å². The van der Waals surface area contributed by atoms with Crippen LogP contribution in [0.5, 0.6) is 0 Å². The van der Waals surface area contributed by atoms with Crippen LogP contribution in [0.1, 0.15) is 38.5 Å². The van der Waals surface area contributed by atoms with Crippen LogP contribution in [0.4, 0.5) is 4.39 Å². The van der Waals surface area contributed by atoms with E-state index in [1.165, 1.54) is 0 Å². The zero-order valence-electron chi connectivity index (χ0n) is 5.78. The van der Waals surface area contributed by atoms with Gasteiger partial charge in [-0.3, -0.25) is 0 Å². The van der Waals surface area contributed by atoms with Gasteiger partial charge < -0.3 is 0 Å². The molecule has 0 saturated carbocycles. The van der Waals surface area contributed by atoms with Crippen LogP contribution in [0.25, 0.3) is 0 Å². The Morgan fingerprint density at radius 3 is 2.33 bits per heavy atom. The molecule has 0 bridgehead atoms. The first-order chi connectivity index (χ1) is 4.41. The minimum absolute atomic E-state index is 0.602. The second-order valence-corrected chi connectivity index (χ2v) is 2.15. The Hall–Kier alpha value is -0.0700. The third-order valence-electron chi connectivity index (χ3n) is 1.27. The summed E-state index contributed by atoms with van der Waals surface area (Å²) >= 11 is 0. The first-order valence-corrected chi connectivity index (χ1v) is 3.53. The Morgan fingerprint density at radius 2 is 1.78 bits per heavy atom. The highest BCUT2D eigenvalue weighted by Crippen LogP contribution is 2.05. The summed E-state index contributed by atoms with van der Waals surface area (Å²) in [5.41, 5.74) is 0. The van der Waals surface area contributed by atoms with Crippen LogP contribution >= 0.6 is 0 Å². The number of rotatable bonds is 6. The molecule has 0 aliphatic carbocycles. The van der Waals surface area contributed by atoms with Gasteiger partial charge in [-0.25, -0.2) is 4.39 Å². The van der Waals surface area contributed by atoms with E-state index in [0.717, 1.165) is 38.8 Å². The van der Waals surface area contributed by atoms with Gasteiger partial charge in [-0.2, -0.15) is 0 Å². The van der Waals surface area contributed by atoms with Gasteiger partial charge in [-0.1, -0.05) is 25.7 Å². The van der Waals surface area contributed by atoms with Gasteiger partial charge in [0.15, 0.2) is 0 Å². The van der Waals surface area contributed by atoms with Crippen molar-refractivity contribution in [1.82, 2.24) is 0 Å². The van der Waals surface area contributed by atoms with E-state index in [1.807, 2.05) is 0 Å². The largest absolute Gasteiger partial charge is 0.244 e. The maximum absolute atomic E-state index is 11.4. The Balaban J connectivity index is 2.60. The van der Waals surface area contributed by atoms with Gasteiger partial charge in [0.2, 0.25) is 0 Å². The first kappa shape index (κ1) is 8.93. The van der Waals surface area contributed by atoms with Crippen molar-refractivity contribution >= 4 is 0 Å². The minimum atomic E-state index is 0.602. The van der Waals surface area contributed by atoms with Crippen LogP contribution in [0.15, 0.2) is 0 Å². The van der Waals surface area contributed by atoms with Gasteiger partial charge >= 0.3 is 0 Å². The highest BCUT2D eigenvalue weighted by atomic mass is 19.1. The van der Waals surface area contributed by atoms with Crippen LogP contribution in [0.3, 0.4) is 0 Å². The molecular weight excluding hydrogens is 115 g/mol. The molecule has 0 N–H and O–H groups in total. The summed E-state index contributed by atoms with van der Waals surface area (Å²) < 4.78 is 11.4. The van der Waals surface area contributed by atoms with E-state index in [9.17, 15) is 4.39 Å². The lowest BCUT2D eigenvalue weighted by Crippen LogP contribution is -1.76. The fourth-order valence-electron chi connectivity index (χ4n) is 0.719. The Bertz CT molecular complexity index is 37.8. The predicted molar refractivity (Wildman–Crippen MR) is 37.4 cm³/mol. The van der Waals surface area contributed by atoms with Crippen molar-refractivity contribution in [1.29, 1.82) is 0 Å². The molecule has 0 saturated heterocycles. The van der Waals surface area contributed by atoms with Crippen molar-refractivity contribution in [3.63, 3.8) is 0 Å². The molecule has 0 aromatic heterocycles. The van der Waals surface area contributed by atoms with Crippen molar-refractivity contribution < 1.29 is 4.39 Å². The molecule has 0 spiro atoms. The predicted octanol–water partition coefficient (Wildman–Crippen LogP) is 3.17. The van der Waals surface area contributed by atoms with Crippen molar-refractivity contribution in [2.75, 3.05) is 0 Å². The minimum Gasteiger partial charge on any atom is -0.244 e. The zero-order valence-corrected chi connectivity index (χ0v) is 5.78. The quantitative estimate of drug-likeness (QED) is 0.483. The number of halogens is 1. The molecule has 9 heavy (non-hydrogen) atoms. The average Bonchev–Trinajstić information content (AvgIpc) is 1.89. The van der Waals surface area contributed by atoms with Gasteiger partial charge in [-0.15, -0.1) is 0 Å². The molecule has 0 aliphatic rings. The SMILES string of the molecule is [CH]CCCCCC[CH]F. The summed E-state index contributed by atoms with van der Waals surface area (Å²) in [5.74, 6) is 0. The lowest BCUT2D eigenvalue weighted by molar-refractivity contribution is 0.538. The molecule has 53 valence electrons. The summed E-state index contributed by atoms with van der Waals surface area (Å²) in [6.45, 7) is 5.99. The highest BCUT2D eigenvalue weighted by Gasteiger charge is 1.87. The Labute approximate surface area is 57.5 Å². The van der Waals surface area contributed by atoms with E-state index in [2.05, 4.69) is 0 Å². The van der Waals surface area contributed by atoms with Crippen LogP contribution in [-0.2, 0) is 0 Å². The maximum Gasteiger partial charge on any atom is 0.131 e. The maximum atomic E-state index is 11.4. The molecule has 0 nitrogen and oxygen atoms in total. The molecule has 0 unspecified atom stereocenters. The fraction of sp³-hybridized carbons (Fsp3) is 0.750. The van der Waals surface area contributed by atoms with E-state index in [4.69, 9.17) is 6.92 Å². The molecule has 3 radical (unpaired) electrons. The number of hydrogen-bond acceptors (Lipinski definition) is 0. The van der Waals surface area contributed by atoms with Gasteiger partial charge in [0.1, 0.15) is 6.67 Å². The topological polar surface area (TPSA) is 0 Å². The molecule has 0 aromatic rings. The van der Waals surface area contributed by atoms with Crippen molar-refractivity contribution in [2.24, 2.45) is 0 Å². The molecule has 0 aromatic carbocycles. The Morgan fingerprint density at radius 1 is 1.11 bits per heavy atom. The second kappa shape index (κ2) is 7.93. The number of unbranched alkanes of at least 4 members (excludes halogenated alkanes) is 5. The molecule has 1 heteroatoms. The first-order valence-electron chi connectivity index (χ1n) is 3.53. The summed E-state index contributed by atoms with van der Waals surface area (Å²) in [6, 6.07) is 0. The summed E-state index contributed by atoms with van der Waals surface area (Å²) in [7, 11) is 0. The number of hydrogen-bond donors (Lipinski definition) is 0. The third kappa shape index (κ3) is 7.93. The van der Waals surface area contributed by atoms with Gasteiger partial charge in [0, 0.05) is 0 Å². The van der Waals surface area contributed by atoms with Crippen LogP contribution < -0.4 is 0 Å². The second-order valence-electron chi connectivity index (χ2n) is 2.15. The lowest BCUT2D eigenvalue weighted by Gasteiger charge is -1.94. The summed E-state index contributed by atoms with van der Waals surface area (Å²) in [5, 5.41) is 0. The zero-order chi connectivity index (χ0) is 6.95. The third-order valence-corrected chi connectivity index (χ3v) is 1.27. The van der Waals surface area contributed by atoms with E-state index < -0.39 is 0 Å². The van der Waals surface area contributed by atoms with E-state index in [-0.39, 0.29) is 0 Å². The molecule has 0 heterocycles. The van der Waals surface area contributed by atoms with Gasteiger partial charge in [0.05, 0.1) is 0 Å². The highest BCUT2D eigenvalue weighted by molar-refractivity contribution is 4.50. The molecule has 0 amide bonds. The van der Waals surface area contributed by atoms with Crippen LogP contribution in [0.2, 0.25) is 0 Å². The summed E-state index contributed by atoms with van der Waals surface area (Å²) in [4.78, 5) is 0. The van der Waals surface area contributed by atoms with E-state index >= 15 is 0 Å². The van der Waals surface area contributed by atoms with E-state index in [0.29, 0.717) is 6.42 Å². The lowest BCUT2D eigenvalue weighted by atomic mass is 10.1. The van der Waals surface area contributed by atoms with Gasteiger partial charge in [-0.05, 0) is 19.8 Å². The van der Waals surface area contributed by atoms with E-state index in [1.54, 1.807) is 0 Å². The molecule has 0 fully saturated rings. The van der Waals surface area contributed by atoms with Crippen LogP contribution in [0, 0.1) is 13.6 Å². The van der Waals surface area contributed by atoms with Crippen molar-refractivity contribution in [3.8, 4) is 0 Å². The monoisotopic (exact) mass is 129 g/mol. The normalized spacial score (nSPS) is 10.0. The van der Waals surface area contributed by atoms with Crippen LogP contribution in [-0.4, -0.2) is 0 Å². The average molecular weight is 129 g/mol. The molecule has 0 atom stereocenters. The van der Waals surface area contributed by atoms with Crippen molar-refractivity contribution in [2.45, 2.75) is 38.5 Å². The van der Waals surface area contributed by atoms with Gasteiger partial charge in [0.25, 0.3) is 0 Å². The Kier molecular flexibility index (Phi) is 7.87. The fourth-order valence-corrected chi connectivity index (χ4v) is 0.719. The summed E-state index contributed by atoms with van der Waals surface area (Å²) in [6.07, 6.45) is 5.66.